The summed E-state index contributed by atoms with van der Waals surface area (Å²) < 4.78 is 12.4. The summed E-state index contributed by atoms with van der Waals surface area (Å²) in [6, 6.07) is 10.8. The second-order valence-corrected chi connectivity index (χ2v) is 8.72. The van der Waals surface area contributed by atoms with Crippen molar-refractivity contribution in [1.82, 2.24) is 19.9 Å². The zero-order chi connectivity index (χ0) is 23.4. The lowest BCUT2D eigenvalue weighted by Gasteiger charge is -2.09. The second-order valence-electron chi connectivity index (χ2n) is 7.52. The van der Waals surface area contributed by atoms with Crippen molar-refractivity contribution in [1.29, 1.82) is 0 Å². The topological polar surface area (TPSA) is 95.3 Å². The van der Waals surface area contributed by atoms with E-state index in [1.54, 1.807) is 25.4 Å². The number of nitrogens with one attached hydrogen (secondary N) is 1. The average Bonchev–Trinajstić information content (AvgIpc) is 3.12. The number of carbonyl (C=O) groups excluding carboxylic acids is 1. The summed E-state index contributed by atoms with van der Waals surface area (Å²) in [5, 5.41) is 3.50. The number of benzene rings is 1. The van der Waals surface area contributed by atoms with Crippen LogP contribution in [0, 0.1) is 13.8 Å². The normalized spacial score (nSPS) is 10.9. The fraction of sp³-hybridized carbons (Fsp3) is 0.250. The third-order valence-electron chi connectivity index (χ3n) is 5.29. The SMILES string of the molecule is COc1cccc(Oc2ccc(CNC(=O)CCn3cnc4sc(C)c(C)c4c3=O)cn2)c1. The number of pyridine rings is 1. The van der Waals surface area contributed by atoms with Crippen molar-refractivity contribution < 1.29 is 14.3 Å². The third-order valence-corrected chi connectivity index (χ3v) is 6.40. The Bertz CT molecular complexity index is 1350. The molecule has 0 atom stereocenters. The zero-order valence-electron chi connectivity index (χ0n) is 18.6. The number of hydrogen-bond donors (Lipinski definition) is 1. The van der Waals surface area contributed by atoms with Gasteiger partial charge in [-0.25, -0.2) is 9.97 Å². The van der Waals surface area contributed by atoms with Crippen LogP contribution in [0.1, 0.15) is 22.4 Å². The highest BCUT2D eigenvalue weighted by Gasteiger charge is 2.13. The van der Waals surface area contributed by atoms with E-state index in [0.717, 1.165) is 20.8 Å². The maximum absolute atomic E-state index is 12.7. The van der Waals surface area contributed by atoms with E-state index in [1.807, 2.05) is 38.1 Å². The van der Waals surface area contributed by atoms with Crippen LogP contribution in [0.5, 0.6) is 17.4 Å². The molecule has 1 N–H and O–H groups in total. The molecule has 0 spiro atoms. The highest BCUT2D eigenvalue weighted by molar-refractivity contribution is 7.18. The number of thiophene rings is 1. The molecule has 0 unspecified atom stereocenters. The van der Waals surface area contributed by atoms with Crippen LogP contribution >= 0.6 is 11.3 Å². The lowest BCUT2D eigenvalue weighted by Crippen LogP contribution is -2.27. The predicted octanol–water partition coefficient (Wildman–Crippen LogP) is 3.98. The fourth-order valence-electron chi connectivity index (χ4n) is 3.30. The van der Waals surface area contributed by atoms with Crippen LogP contribution in [0.4, 0.5) is 0 Å². The smallest absolute Gasteiger partial charge is 0.262 e. The fourth-order valence-corrected chi connectivity index (χ4v) is 4.29. The Kier molecular flexibility index (Phi) is 6.69. The Labute approximate surface area is 194 Å². The summed E-state index contributed by atoms with van der Waals surface area (Å²) in [6.07, 6.45) is 3.35. The lowest BCUT2D eigenvalue weighted by atomic mass is 10.2. The van der Waals surface area contributed by atoms with Gasteiger partial charge in [0.15, 0.2) is 0 Å². The minimum absolute atomic E-state index is 0.106. The summed E-state index contributed by atoms with van der Waals surface area (Å²) >= 11 is 1.51. The molecule has 4 aromatic rings. The van der Waals surface area contributed by atoms with Crippen LogP contribution in [0.15, 0.2) is 53.7 Å². The standard InChI is InChI=1S/C24H24N4O4S/c1-15-16(2)33-23-22(15)24(30)28(14-27-23)10-9-20(29)25-12-17-7-8-21(26-13-17)32-19-6-4-5-18(11-19)31-3/h4-8,11,13-14H,9-10,12H2,1-3H3,(H,25,29). The van der Waals surface area contributed by atoms with Crippen molar-refractivity contribution >= 4 is 27.5 Å². The number of fused-ring (bicyclic) bond motifs is 1. The van der Waals surface area contributed by atoms with Crippen LogP contribution in [0.25, 0.3) is 10.2 Å². The number of methoxy groups -OCH3 is 1. The molecule has 0 aliphatic rings. The Morgan fingerprint density at radius 1 is 1.15 bits per heavy atom. The highest BCUT2D eigenvalue weighted by Crippen LogP contribution is 2.25. The van der Waals surface area contributed by atoms with Crippen molar-refractivity contribution in [3.8, 4) is 17.4 Å². The minimum atomic E-state index is -0.156. The van der Waals surface area contributed by atoms with Gasteiger partial charge in [0, 0.05) is 42.7 Å². The number of aromatic nitrogens is 3. The third kappa shape index (κ3) is 5.20. The summed E-state index contributed by atoms with van der Waals surface area (Å²) in [5.41, 5.74) is 1.69. The van der Waals surface area contributed by atoms with E-state index >= 15 is 0 Å². The molecule has 8 nitrogen and oxygen atoms in total. The molecule has 0 aliphatic carbocycles. The lowest BCUT2D eigenvalue weighted by molar-refractivity contribution is -0.121. The van der Waals surface area contributed by atoms with Crippen LogP contribution < -0.4 is 20.3 Å². The van der Waals surface area contributed by atoms with E-state index in [2.05, 4.69) is 15.3 Å². The van der Waals surface area contributed by atoms with Crippen molar-refractivity contribution in [2.45, 2.75) is 33.4 Å². The first-order valence-corrected chi connectivity index (χ1v) is 11.2. The molecule has 170 valence electrons. The average molecular weight is 465 g/mol. The number of aryl methyl sites for hydroxylation is 3. The Morgan fingerprint density at radius 2 is 1.97 bits per heavy atom. The van der Waals surface area contributed by atoms with Crippen LogP contribution in [0.2, 0.25) is 0 Å². The number of carbonyl (C=O) groups is 1. The monoisotopic (exact) mass is 464 g/mol. The quantitative estimate of drug-likeness (QED) is 0.424. The van der Waals surface area contributed by atoms with Gasteiger partial charge in [-0.2, -0.15) is 0 Å². The number of nitrogens with zero attached hydrogens (tertiary/aromatic N) is 3. The van der Waals surface area contributed by atoms with Crippen molar-refractivity contribution in [3.63, 3.8) is 0 Å². The molecule has 0 fully saturated rings. The molecular weight excluding hydrogens is 440 g/mol. The predicted molar refractivity (Wildman–Crippen MR) is 127 cm³/mol. The van der Waals surface area contributed by atoms with Crippen LogP contribution in [0.3, 0.4) is 0 Å². The number of hydrogen-bond acceptors (Lipinski definition) is 7. The Hall–Kier alpha value is -3.72. The largest absolute Gasteiger partial charge is 0.497 e. The van der Waals surface area contributed by atoms with E-state index in [0.29, 0.717) is 29.3 Å². The van der Waals surface area contributed by atoms with Gasteiger partial charge in [0.1, 0.15) is 16.3 Å². The molecule has 0 aliphatic heterocycles. The maximum Gasteiger partial charge on any atom is 0.262 e. The summed E-state index contributed by atoms with van der Waals surface area (Å²) in [7, 11) is 1.60. The van der Waals surface area contributed by atoms with Gasteiger partial charge in [-0.05, 0) is 37.1 Å². The summed E-state index contributed by atoms with van der Waals surface area (Å²) in [4.78, 5) is 35.5. The van der Waals surface area contributed by atoms with Gasteiger partial charge < -0.3 is 14.8 Å². The van der Waals surface area contributed by atoms with Gasteiger partial charge >= 0.3 is 0 Å². The Morgan fingerprint density at radius 3 is 2.73 bits per heavy atom. The van der Waals surface area contributed by atoms with Gasteiger partial charge in [-0.1, -0.05) is 12.1 Å². The van der Waals surface area contributed by atoms with E-state index in [4.69, 9.17) is 9.47 Å². The van der Waals surface area contributed by atoms with Crippen molar-refractivity contribution in [3.05, 3.63) is 75.3 Å². The maximum atomic E-state index is 12.7. The van der Waals surface area contributed by atoms with Crippen LogP contribution in [-0.4, -0.2) is 27.6 Å². The van der Waals surface area contributed by atoms with E-state index in [9.17, 15) is 9.59 Å². The molecule has 0 saturated carbocycles. The van der Waals surface area contributed by atoms with Gasteiger partial charge in [0.25, 0.3) is 5.56 Å². The highest BCUT2D eigenvalue weighted by atomic mass is 32.1. The van der Waals surface area contributed by atoms with Crippen molar-refractivity contribution in [2.75, 3.05) is 7.11 Å². The first-order chi connectivity index (χ1) is 15.9. The van der Waals surface area contributed by atoms with Gasteiger partial charge in [0.05, 0.1) is 18.8 Å². The van der Waals surface area contributed by atoms with Crippen molar-refractivity contribution in [2.24, 2.45) is 0 Å². The molecule has 3 heterocycles. The molecule has 1 amide bonds. The first kappa shape index (κ1) is 22.5. The second kappa shape index (κ2) is 9.83. The van der Waals surface area contributed by atoms with Gasteiger partial charge in [-0.15, -0.1) is 11.3 Å². The zero-order valence-corrected chi connectivity index (χ0v) is 19.4. The number of ether oxygens (including phenoxy) is 2. The molecule has 0 saturated heterocycles. The Balaban J connectivity index is 1.30. The van der Waals surface area contributed by atoms with E-state index in [1.165, 1.54) is 22.2 Å². The molecule has 0 radical (unpaired) electrons. The summed E-state index contributed by atoms with van der Waals surface area (Å²) in [5.74, 6) is 1.61. The minimum Gasteiger partial charge on any atom is -0.497 e. The van der Waals surface area contributed by atoms with Gasteiger partial charge in [0.2, 0.25) is 11.8 Å². The van der Waals surface area contributed by atoms with Gasteiger partial charge in [-0.3, -0.25) is 14.2 Å². The van der Waals surface area contributed by atoms with E-state index in [-0.39, 0.29) is 24.4 Å². The molecule has 33 heavy (non-hydrogen) atoms. The number of amides is 1. The molecule has 9 heteroatoms. The summed E-state index contributed by atoms with van der Waals surface area (Å²) in [6.45, 7) is 4.51. The molecule has 0 bridgehead atoms. The molecule has 1 aromatic carbocycles. The number of rotatable bonds is 8. The molecular formula is C24H24N4O4S. The first-order valence-electron chi connectivity index (χ1n) is 10.4. The van der Waals surface area contributed by atoms with E-state index < -0.39 is 0 Å². The van der Waals surface area contributed by atoms with Crippen LogP contribution in [-0.2, 0) is 17.9 Å². The molecule has 3 aromatic heterocycles. The molecule has 4 rings (SSSR count).